The maximum Gasteiger partial charge on any atom is 0.424 e. The fourth-order valence-corrected chi connectivity index (χ4v) is 1.97. The van der Waals surface area contributed by atoms with Crippen LogP contribution < -0.4 is 0 Å². The number of ether oxygens (including phenoxy) is 2. The predicted octanol–water partition coefficient (Wildman–Crippen LogP) is 0.481. The topological polar surface area (TPSA) is 89.5 Å². The Kier molecular flexibility index (Phi) is 6.66. The summed E-state index contributed by atoms with van der Waals surface area (Å²) in [6.45, 7) is 0. The largest absolute Gasteiger partial charge is 0.467 e. The van der Waals surface area contributed by atoms with Crippen LogP contribution in [-0.2, 0) is 38.0 Å². The molecule has 0 radical (unpaired) electrons. The van der Waals surface area contributed by atoms with Crippen LogP contribution >= 0.6 is 7.60 Å². The number of hydrogen-bond acceptors (Lipinski definition) is 8. The van der Waals surface area contributed by atoms with Crippen LogP contribution in [0.3, 0.4) is 0 Å². The zero-order valence-corrected chi connectivity index (χ0v) is 9.68. The molecule has 0 bridgehead atoms. The second-order valence-electron chi connectivity index (χ2n) is 2.13. The molecule has 0 saturated heterocycles. The van der Waals surface area contributed by atoms with Crippen molar-refractivity contribution in [2.45, 2.75) is 5.85 Å². The van der Waals surface area contributed by atoms with Crippen molar-refractivity contribution in [3.63, 3.8) is 0 Å². The molecule has 0 heterocycles. The van der Waals surface area contributed by atoms with Gasteiger partial charge in [-0.3, -0.25) is 4.57 Å². The SMILES string of the molecule is COOP(=O)(OOC)[C@@H](OC)C(=O)OC. The summed E-state index contributed by atoms with van der Waals surface area (Å²) >= 11 is 0. The maximum absolute atomic E-state index is 11.8. The van der Waals surface area contributed by atoms with Crippen LogP contribution in [-0.4, -0.2) is 40.3 Å². The first-order valence-corrected chi connectivity index (χ1v) is 5.32. The summed E-state index contributed by atoms with van der Waals surface area (Å²) < 4.78 is 29.4. The molecule has 0 fully saturated rings. The average Bonchev–Trinajstić information content (AvgIpc) is 2.19. The van der Waals surface area contributed by atoms with Crippen molar-refractivity contribution in [2.75, 3.05) is 28.4 Å². The van der Waals surface area contributed by atoms with E-state index in [9.17, 15) is 9.36 Å². The van der Waals surface area contributed by atoms with Gasteiger partial charge in [0.2, 0.25) is 0 Å². The van der Waals surface area contributed by atoms with Crippen LogP contribution in [0.1, 0.15) is 0 Å². The van der Waals surface area contributed by atoms with E-state index in [1.54, 1.807) is 0 Å². The molecule has 90 valence electrons. The molecule has 0 N–H and O–H groups in total. The summed E-state index contributed by atoms with van der Waals surface area (Å²) in [5.74, 6) is -2.52. The fraction of sp³-hybridized carbons (Fsp3) is 0.833. The smallest absolute Gasteiger partial charge is 0.424 e. The molecule has 8 nitrogen and oxygen atoms in total. The molecule has 1 atom stereocenters. The van der Waals surface area contributed by atoms with Crippen LogP contribution in [0.25, 0.3) is 0 Å². The highest BCUT2D eigenvalue weighted by Gasteiger charge is 2.45. The minimum atomic E-state index is -4.04. The Morgan fingerprint density at radius 2 is 1.53 bits per heavy atom. The van der Waals surface area contributed by atoms with E-state index in [0.29, 0.717) is 0 Å². The molecule has 0 aromatic heterocycles. The molecule has 0 saturated carbocycles. The molecule has 0 aromatic carbocycles. The summed E-state index contributed by atoms with van der Waals surface area (Å²) in [4.78, 5) is 19.5. The molecule has 9 heteroatoms. The minimum Gasteiger partial charge on any atom is -0.467 e. The van der Waals surface area contributed by atoms with Gasteiger partial charge in [-0.05, 0) is 0 Å². The third-order valence-electron chi connectivity index (χ3n) is 1.27. The maximum atomic E-state index is 11.8. The fourth-order valence-electron chi connectivity index (χ4n) is 0.754. The summed E-state index contributed by atoms with van der Waals surface area (Å²) in [6.07, 6.45) is 0. The standard InChI is InChI=1S/C6H13O8P/c1-9-5(7)6(10-2)15(8,13-11-3)14-12-4/h6H,1-4H3/t6-/m1/s1. The number of esters is 1. The monoisotopic (exact) mass is 244 g/mol. The molecular weight excluding hydrogens is 231 g/mol. The van der Waals surface area contributed by atoms with Crippen molar-refractivity contribution in [3.05, 3.63) is 0 Å². The van der Waals surface area contributed by atoms with E-state index in [0.717, 1.165) is 28.4 Å². The van der Waals surface area contributed by atoms with Crippen molar-refractivity contribution >= 4 is 13.6 Å². The molecule has 0 aromatic rings. The summed E-state index contributed by atoms with van der Waals surface area (Å²) in [7, 11) is 0.369. The second kappa shape index (κ2) is 6.89. The zero-order valence-electron chi connectivity index (χ0n) is 8.79. The normalized spacial score (nSPS) is 13.6. The summed E-state index contributed by atoms with van der Waals surface area (Å²) in [5, 5.41) is 0. The molecule has 0 aliphatic heterocycles. The highest BCUT2D eigenvalue weighted by Crippen LogP contribution is 2.53. The van der Waals surface area contributed by atoms with E-state index in [-0.39, 0.29) is 0 Å². The number of rotatable bonds is 7. The van der Waals surface area contributed by atoms with Crippen LogP contribution in [0.5, 0.6) is 0 Å². The van der Waals surface area contributed by atoms with E-state index in [2.05, 4.69) is 28.6 Å². The van der Waals surface area contributed by atoms with Gasteiger partial charge >= 0.3 is 13.6 Å². The molecular formula is C6H13O8P. The summed E-state index contributed by atoms with van der Waals surface area (Å²) in [5.41, 5.74) is 0. The Bertz CT molecular complexity index is 231. The molecule has 0 spiro atoms. The van der Waals surface area contributed by atoms with Gasteiger partial charge in [0.1, 0.15) is 0 Å². The van der Waals surface area contributed by atoms with E-state index in [1.807, 2.05) is 0 Å². The lowest BCUT2D eigenvalue weighted by Gasteiger charge is -2.19. The number of methoxy groups -OCH3 is 2. The summed E-state index contributed by atoms with van der Waals surface area (Å²) in [6, 6.07) is 0. The second-order valence-corrected chi connectivity index (χ2v) is 3.98. The number of hydrogen-bond donors (Lipinski definition) is 0. The highest BCUT2D eigenvalue weighted by atomic mass is 31.2. The van der Waals surface area contributed by atoms with Crippen molar-refractivity contribution in [1.29, 1.82) is 0 Å². The van der Waals surface area contributed by atoms with E-state index < -0.39 is 19.4 Å². The van der Waals surface area contributed by atoms with Gasteiger partial charge in [-0.15, -0.1) is 9.35 Å². The molecule has 0 rings (SSSR count). The molecule has 0 amide bonds. The van der Waals surface area contributed by atoms with E-state index in [1.165, 1.54) is 0 Å². The zero-order chi connectivity index (χ0) is 11.9. The van der Waals surface area contributed by atoms with Gasteiger partial charge in [0, 0.05) is 7.11 Å². The van der Waals surface area contributed by atoms with E-state index in [4.69, 9.17) is 0 Å². The van der Waals surface area contributed by atoms with Crippen LogP contribution in [0, 0.1) is 0 Å². The number of carbonyl (C=O) groups is 1. The van der Waals surface area contributed by atoms with Gasteiger partial charge in [0.05, 0.1) is 21.3 Å². The Labute approximate surface area is 86.7 Å². The van der Waals surface area contributed by atoms with Gasteiger partial charge in [-0.2, -0.15) is 0 Å². The lowest BCUT2D eigenvalue weighted by atomic mass is 10.7. The molecule has 0 aliphatic carbocycles. The first-order chi connectivity index (χ1) is 7.05. The van der Waals surface area contributed by atoms with Gasteiger partial charge in [0.15, 0.2) is 0 Å². The van der Waals surface area contributed by atoms with Crippen molar-refractivity contribution in [3.8, 4) is 0 Å². The Morgan fingerprint density at radius 1 is 1.07 bits per heavy atom. The predicted molar refractivity (Wildman–Crippen MR) is 46.6 cm³/mol. The first-order valence-electron chi connectivity index (χ1n) is 3.70. The Balaban J connectivity index is 4.84. The molecule has 0 aliphatic rings. The van der Waals surface area contributed by atoms with Crippen molar-refractivity contribution in [1.82, 2.24) is 0 Å². The molecule has 0 unspecified atom stereocenters. The van der Waals surface area contributed by atoms with Gasteiger partial charge < -0.3 is 9.47 Å². The van der Waals surface area contributed by atoms with Gasteiger partial charge in [-0.1, -0.05) is 0 Å². The third-order valence-corrected chi connectivity index (χ3v) is 2.98. The third kappa shape index (κ3) is 3.86. The van der Waals surface area contributed by atoms with Gasteiger partial charge in [0.25, 0.3) is 5.85 Å². The molecule has 15 heavy (non-hydrogen) atoms. The van der Waals surface area contributed by atoms with Crippen molar-refractivity contribution in [2.24, 2.45) is 0 Å². The van der Waals surface area contributed by atoms with E-state index >= 15 is 0 Å². The highest BCUT2D eigenvalue weighted by molar-refractivity contribution is 7.55. The van der Waals surface area contributed by atoms with Crippen LogP contribution in [0.15, 0.2) is 0 Å². The Morgan fingerprint density at radius 3 is 1.80 bits per heavy atom. The Hall–Kier alpha value is -0.500. The van der Waals surface area contributed by atoms with Crippen LogP contribution in [0.2, 0.25) is 0 Å². The quantitative estimate of drug-likeness (QED) is 0.276. The lowest BCUT2D eigenvalue weighted by molar-refractivity contribution is -0.248. The number of carbonyl (C=O) groups excluding carboxylic acids is 1. The minimum absolute atomic E-state index is 0.935. The average molecular weight is 244 g/mol. The van der Waals surface area contributed by atoms with Crippen LogP contribution in [0.4, 0.5) is 0 Å². The van der Waals surface area contributed by atoms with Gasteiger partial charge in [-0.25, -0.2) is 14.6 Å². The first kappa shape index (κ1) is 14.5. The lowest BCUT2D eigenvalue weighted by Crippen LogP contribution is -2.26. The van der Waals surface area contributed by atoms with Crippen molar-refractivity contribution < 1.29 is 38.0 Å².